The van der Waals surface area contributed by atoms with Crippen LogP contribution in [-0.4, -0.2) is 47.6 Å². The highest BCUT2D eigenvalue weighted by Crippen LogP contribution is 2.37. The monoisotopic (exact) mass is 404 g/mol. The average molecular weight is 405 g/mol. The van der Waals surface area contributed by atoms with E-state index < -0.39 is 5.92 Å². The van der Waals surface area contributed by atoms with E-state index in [9.17, 15) is 9.59 Å². The van der Waals surface area contributed by atoms with Crippen molar-refractivity contribution in [3.63, 3.8) is 0 Å². The Balaban J connectivity index is 1.96. The Morgan fingerprint density at radius 3 is 2.63 bits per heavy atom. The number of dihydropyridines is 1. The van der Waals surface area contributed by atoms with Crippen molar-refractivity contribution < 1.29 is 14.2 Å². The first-order valence-corrected chi connectivity index (χ1v) is 10.4. The Morgan fingerprint density at radius 1 is 1.26 bits per heavy atom. The van der Waals surface area contributed by atoms with E-state index in [1.807, 2.05) is 30.5 Å². The molecule has 0 saturated heterocycles. The summed E-state index contributed by atoms with van der Waals surface area (Å²) in [6, 6.07) is 7.38. The van der Waals surface area contributed by atoms with Crippen molar-refractivity contribution in [3.8, 4) is 0 Å². The van der Waals surface area contributed by atoms with Gasteiger partial charge in [0, 0.05) is 15.7 Å². The third kappa shape index (κ3) is 4.01. The summed E-state index contributed by atoms with van der Waals surface area (Å²) in [5.74, 6) is 0.528. The van der Waals surface area contributed by atoms with Gasteiger partial charge in [0.2, 0.25) is 0 Å². The zero-order chi connectivity index (χ0) is 19.6. The van der Waals surface area contributed by atoms with Crippen molar-refractivity contribution in [2.45, 2.75) is 31.9 Å². The van der Waals surface area contributed by atoms with E-state index in [0.29, 0.717) is 10.9 Å². The maximum atomic E-state index is 12.9. The molecule has 2 heterocycles. The molecule has 0 spiro atoms. The molecular weight excluding hydrogens is 382 g/mol. The number of amidine groups is 1. The molecule has 5 nitrogen and oxygen atoms in total. The van der Waals surface area contributed by atoms with Gasteiger partial charge in [-0.2, -0.15) is 9.48 Å². The van der Waals surface area contributed by atoms with Crippen LogP contribution < -0.4 is 0 Å². The molecule has 1 aromatic carbocycles. The first-order valence-electron chi connectivity index (χ1n) is 9.00. The minimum atomic E-state index is -0.508. The quantitative estimate of drug-likeness (QED) is 0.662. The number of amides is 3. The van der Waals surface area contributed by atoms with Crippen molar-refractivity contribution in [3.05, 3.63) is 45.3 Å². The number of aliphatic imine (C=N–C) groups is 1. The van der Waals surface area contributed by atoms with Gasteiger partial charge in [-0.05, 0) is 36.1 Å². The fourth-order valence-corrected chi connectivity index (χ4v) is 4.52. The number of unbranched alkanes of at least 4 members (excludes halogenated alkanes) is 1. The molecule has 27 heavy (non-hydrogen) atoms. The van der Waals surface area contributed by atoms with Gasteiger partial charge < -0.3 is 0 Å². The van der Waals surface area contributed by atoms with E-state index in [4.69, 9.17) is 11.6 Å². The van der Waals surface area contributed by atoms with Gasteiger partial charge in [-0.3, -0.25) is 4.79 Å². The highest BCUT2D eigenvalue weighted by Gasteiger charge is 2.48. The minimum absolute atomic E-state index is 0.211. The van der Waals surface area contributed by atoms with Gasteiger partial charge in [-0.1, -0.05) is 37.1 Å². The van der Waals surface area contributed by atoms with Gasteiger partial charge in [0.15, 0.2) is 5.92 Å². The highest BCUT2D eigenvalue weighted by molar-refractivity contribution is 8.02. The van der Waals surface area contributed by atoms with Crippen molar-refractivity contribution >= 4 is 47.4 Å². The second kappa shape index (κ2) is 8.40. The zero-order valence-corrected chi connectivity index (χ0v) is 17.3. The summed E-state index contributed by atoms with van der Waals surface area (Å²) in [5.41, 5.74) is 2.23. The number of nitrogens with zero attached hydrogens (tertiary/aromatic N) is 3. The summed E-state index contributed by atoms with van der Waals surface area (Å²) in [6.45, 7) is 2.14. The van der Waals surface area contributed by atoms with E-state index in [-0.39, 0.29) is 11.9 Å². The van der Waals surface area contributed by atoms with Gasteiger partial charge in [0.05, 0.1) is 14.1 Å². The number of imide groups is 1. The molecule has 1 atom stereocenters. The lowest BCUT2D eigenvalue weighted by molar-refractivity contribution is -0.407. The average Bonchev–Trinajstić information content (AvgIpc) is 2.68. The van der Waals surface area contributed by atoms with Crippen molar-refractivity contribution in [1.29, 1.82) is 0 Å². The molecule has 0 N–H and O–H groups in total. The molecule has 2 aliphatic rings. The summed E-state index contributed by atoms with van der Waals surface area (Å²) in [6.07, 6.45) is 4.81. The molecule has 0 bridgehead atoms. The highest BCUT2D eigenvalue weighted by atomic mass is 35.5. The number of rotatable bonds is 6. The summed E-state index contributed by atoms with van der Waals surface area (Å²) in [7, 11) is 3.20. The number of allylic oxidation sites excluding steroid dienone is 1. The van der Waals surface area contributed by atoms with Crippen LogP contribution in [0.25, 0.3) is 0 Å². The van der Waals surface area contributed by atoms with E-state index in [1.165, 1.54) is 16.5 Å². The lowest BCUT2D eigenvalue weighted by Gasteiger charge is -2.28. The van der Waals surface area contributed by atoms with Gasteiger partial charge in [0.1, 0.15) is 6.21 Å². The van der Waals surface area contributed by atoms with Crippen LogP contribution in [0.2, 0.25) is 5.02 Å². The Labute approximate surface area is 168 Å². The molecule has 142 valence electrons. The molecule has 0 radical (unpaired) electrons. The van der Waals surface area contributed by atoms with Crippen LogP contribution in [0.1, 0.15) is 31.7 Å². The largest absolute Gasteiger partial charge is 0.445 e. The molecule has 0 aromatic heterocycles. The molecule has 0 saturated carbocycles. The maximum absolute atomic E-state index is 12.9. The third-order valence-electron chi connectivity index (χ3n) is 4.79. The zero-order valence-electron chi connectivity index (χ0n) is 15.7. The van der Waals surface area contributed by atoms with Crippen LogP contribution in [0.3, 0.4) is 0 Å². The Kier molecular flexibility index (Phi) is 6.17. The summed E-state index contributed by atoms with van der Waals surface area (Å²) >= 11 is 7.62. The molecule has 7 heteroatoms. The first kappa shape index (κ1) is 19.8. The third-order valence-corrected chi connectivity index (χ3v) is 6.33. The summed E-state index contributed by atoms with van der Waals surface area (Å²) in [4.78, 5) is 31.9. The van der Waals surface area contributed by atoms with Crippen LogP contribution >= 0.6 is 23.4 Å². The standard InChI is InChI=1S/C20H23ClN3O2S/c1-4-5-6-14-11-22-18-16(19(25)24(3)20(26)23(18)2)17(14)27-12-13-7-9-15(21)10-8-13/h7-11,16H,4-6,12H2,1-3H3/q+1. The predicted molar refractivity (Wildman–Crippen MR) is 111 cm³/mol. The lowest BCUT2D eigenvalue weighted by atomic mass is 9.96. The van der Waals surface area contributed by atoms with Crippen LogP contribution in [0.15, 0.2) is 39.7 Å². The minimum Gasteiger partial charge on any atom is -0.255 e. The van der Waals surface area contributed by atoms with E-state index >= 15 is 0 Å². The molecule has 0 aliphatic carbocycles. The Morgan fingerprint density at radius 2 is 1.96 bits per heavy atom. The molecule has 1 unspecified atom stereocenters. The van der Waals surface area contributed by atoms with Crippen molar-refractivity contribution in [2.24, 2.45) is 10.9 Å². The fraction of sp³-hybridized carbons (Fsp3) is 0.400. The summed E-state index contributed by atoms with van der Waals surface area (Å²) < 4.78 is 1.47. The van der Waals surface area contributed by atoms with Crippen LogP contribution in [0.5, 0.6) is 0 Å². The lowest BCUT2D eigenvalue weighted by Crippen LogP contribution is -2.52. The molecule has 0 fully saturated rings. The number of hydrogen-bond acceptors (Lipinski definition) is 4. The second-order valence-electron chi connectivity index (χ2n) is 6.70. The van der Waals surface area contributed by atoms with Gasteiger partial charge in [-0.15, -0.1) is 16.8 Å². The second-order valence-corrected chi connectivity index (χ2v) is 8.15. The normalized spacial score (nSPS) is 19.9. The van der Waals surface area contributed by atoms with Crippen LogP contribution in [-0.2, 0) is 10.5 Å². The first-order chi connectivity index (χ1) is 12.9. The van der Waals surface area contributed by atoms with Gasteiger partial charge in [0.25, 0.3) is 5.84 Å². The van der Waals surface area contributed by atoms with E-state index in [2.05, 4.69) is 11.9 Å². The Hall–Kier alpha value is -1.92. The number of fused-ring (bicyclic) bond motifs is 1. The fourth-order valence-electron chi connectivity index (χ4n) is 3.17. The number of thioether (sulfide) groups is 1. The van der Waals surface area contributed by atoms with E-state index in [0.717, 1.165) is 41.1 Å². The van der Waals surface area contributed by atoms with Gasteiger partial charge in [-0.25, -0.2) is 4.79 Å². The molecule has 1 aromatic rings. The maximum Gasteiger partial charge on any atom is 0.445 e. The number of halogens is 1. The number of benzene rings is 1. The SMILES string of the molecule is CCCCC1=C(SCc2ccc(Cl)cc2)C2C(=O)N(C)C(=O)[N+](C)=C2N=C1. The number of hydrogen-bond donors (Lipinski definition) is 0. The smallest absolute Gasteiger partial charge is 0.255 e. The van der Waals surface area contributed by atoms with Crippen molar-refractivity contribution in [2.75, 3.05) is 14.1 Å². The number of carbonyl (C=O) groups is 2. The topological polar surface area (TPSA) is 52.8 Å². The molecular formula is C20H23ClN3O2S+. The number of urea groups is 1. The van der Waals surface area contributed by atoms with E-state index in [1.54, 1.807) is 18.8 Å². The molecule has 3 amide bonds. The van der Waals surface area contributed by atoms with Crippen molar-refractivity contribution in [1.82, 2.24) is 4.90 Å². The Bertz CT molecular complexity index is 858. The molecule has 3 rings (SSSR count). The molecule has 2 aliphatic heterocycles. The predicted octanol–water partition coefficient (Wildman–Crippen LogP) is 4.35. The van der Waals surface area contributed by atoms with Crippen LogP contribution in [0, 0.1) is 5.92 Å². The summed E-state index contributed by atoms with van der Waals surface area (Å²) in [5, 5.41) is 0.705. The van der Waals surface area contributed by atoms with Gasteiger partial charge >= 0.3 is 11.9 Å². The number of carbonyl (C=O) groups excluding carboxylic acids is 2. The van der Waals surface area contributed by atoms with Crippen LogP contribution in [0.4, 0.5) is 4.79 Å².